The van der Waals surface area contributed by atoms with Crippen molar-refractivity contribution in [2.75, 3.05) is 6.61 Å². The third kappa shape index (κ3) is 3.01. The summed E-state index contributed by atoms with van der Waals surface area (Å²) in [4.78, 5) is 24.0. The Morgan fingerprint density at radius 1 is 1.05 bits per heavy atom. The Kier molecular flexibility index (Phi) is 4.50. The van der Waals surface area contributed by atoms with Crippen LogP contribution >= 0.6 is 0 Å². The molecule has 2 rings (SSSR count). The number of aliphatic hydroxyl groups is 1. The number of carboxylic acid groups (broad SMARTS) is 1. The van der Waals surface area contributed by atoms with E-state index in [0.29, 0.717) is 11.1 Å². The molecule has 1 atom stereocenters. The first-order chi connectivity index (χ1) is 10.1. The van der Waals surface area contributed by atoms with E-state index in [1.54, 1.807) is 43.3 Å². The second-order valence-electron chi connectivity index (χ2n) is 4.81. The Labute approximate surface area is 122 Å². The van der Waals surface area contributed by atoms with Gasteiger partial charge in [-0.2, -0.15) is 0 Å². The number of rotatable bonds is 5. The molecule has 4 heteroatoms. The largest absolute Gasteiger partial charge is 0.478 e. The van der Waals surface area contributed by atoms with E-state index in [1.807, 2.05) is 6.07 Å². The van der Waals surface area contributed by atoms with Gasteiger partial charge >= 0.3 is 5.97 Å². The van der Waals surface area contributed by atoms with Gasteiger partial charge in [0, 0.05) is 5.56 Å². The van der Waals surface area contributed by atoms with Crippen LogP contribution in [0.25, 0.3) is 0 Å². The molecule has 0 aliphatic heterocycles. The topological polar surface area (TPSA) is 74.6 Å². The number of aryl methyl sites for hydroxylation is 1. The van der Waals surface area contributed by atoms with Crippen LogP contribution in [0.4, 0.5) is 0 Å². The SMILES string of the molecule is Cc1cccc(C(=O)O)c1C(=O)C(CO)c1ccccc1. The van der Waals surface area contributed by atoms with Crippen molar-refractivity contribution < 1.29 is 19.8 Å². The van der Waals surface area contributed by atoms with Gasteiger partial charge in [-0.15, -0.1) is 0 Å². The summed E-state index contributed by atoms with van der Waals surface area (Å²) in [5.41, 5.74) is 1.39. The molecule has 21 heavy (non-hydrogen) atoms. The first-order valence-electron chi connectivity index (χ1n) is 6.59. The molecule has 0 heterocycles. The molecule has 0 saturated carbocycles. The van der Waals surface area contributed by atoms with Gasteiger partial charge in [0.2, 0.25) is 0 Å². The van der Waals surface area contributed by atoms with E-state index in [-0.39, 0.29) is 23.5 Å². The van der Waals surface area contributed by atoms with E-state index in [9.17, 15) is 19.8 Å². The number of ketones is 1. The highest BCUT2D eigenvalue weighted by molar-refractivity contribution is 6.09. The standard InChI is InChI=1S/C17H16O4/c1-11-6-5-9-13(17(20)21)15(11)16(19)14(10-18)12-7-3-2-4-8-12/h2-9,14,18H,10H2,1H3,(H,20,21). The molecule has 0 aliphatic carbocycles. The normalized spacial score (nSPS) is 11.9. The van der Waals surface area contributed by atoms with E-state index in [1.165, 1.54) is 6.07 Å². The van der Waals surface area contributed by atoms with Crippen LogP contribution in [0.5, 0.6) is 0 Å². The molecule has 0 amide bonds. The van der Waals surface area contributed by atoms with Crippen LogP contribution in [-0.2, 0) is 0 Å². The van der Waals surface area contributed by atoms with Crippen molar-refractivity contribution in [1.82, 2.24) is 0 Å². The fraction of sp³-hybridized carbons (Fsp3) is 0.176. The Bertz CT molecular complexity index is 662. The molecule has 0 fully saturated rings. The molecule has 108 valence electrons. The summed E-state index contributed by atoms with van der Waals surface area (Å²) in [7, 11) is 0. The molecule has 2 aromatic carbocycles. The number of carbonyl (C=O) groups is 2. The van der Waals surface area contributed by atoms with Gasteiger partial charge in [-0.3, -0.25) is 4.79 Å². The van der Waals surface area contributed by atoms with Crippen molar-refractivity contribution in [1.29, 1.82) is 0 Å². The minimum Gasteiger partial charge on any atom is -0.478 e. The minimum atomic E-state index is -1.15. The van der Waals surface area contributed by atoms with Crippen molar-refractivity contribution in [3.63, 3.8) is 0 Å². The van der Waals surface area contributed by atoms with Gasteiger partial charge in [0.15, 0.2) is 5.78 Å². The Balaban J connectivity index is 2.51. The lowest BCUT2D eigenvalue weighted by atomic mass is 9.87. The summed E-state index contributed by atoms with van der Waals surface area (Å²) in [6.07, 6.45) is 0. The molecule has 4 nitrogen and oxygen atoms in total. The molecule has 0 aromatic heterocycles. The number of benzene rings is 2. The number of Topliss-reactive ketones (excluding diaryl/α,β-unsaturated/α-hetero) is 1. The van der Waals surface area contributed by atoms with Crippen molar-refractivity contribution in [2.24, 2.45) is 0 Å². The second kappa shape index (κ2) is 6.33. The zero-order valence-electron chi connectivity index (χ0n) is 11.6. The maximum absolute atomic E-state index is 12.7. The molecule has 0 radical (unpaired) electrons. The zero-order valence-corrected chi connectivity index (χ0v) is 11.6. The molecule has 2 aromatic rings. The molecule has 0 bridgehead atoms. The van der Waals surface area contributed by atoms with Gasteiger partial charge in [0.25, 0.3) is 0 Å². The number of hydrogen-bond acceptors (Lipinski definition) is 3. The maximum Gasteiger partial charge on any atom is 0.336 e. The number of aromatic carboxylic acids is 1. The van der Waals surface area contributed by atoms with E-state index in [2.05, 4.69) is 0 Å². The summed E-state index contributed by atoms with van der Waals surface area (Å²) in [5, 5.41) is 18.8. The molecular formula is C17H16O4. The third-order valence-corrected chi connectivity index (χ3v) is 3.45. The highest BCUT2D eigenvalue weighted by Crippen LogP contribution is 2.25. The lowest BCUT2D eigenvalue weighted by Crippen LogP contribution is -2.20. The van der Waals surface area contributed by atoms with Crippen molar-refractivity contribution in [2.45, 2.75) is 12.8 Å². The summed E-state index contributed by atoms with van der Waals surface area (Å²) in [5.74, 6) is -2.28. The Morgan fingerprint density at radius 2 is 1.71 bits per heavy atom. The number of aliphatic hydroxyl groups excluding tert-OH is 1. The van der Waals surface area contributed by atoms with Crippen LogP contribution in [-0.4, -0.2) is 28.6 Å². The van der Waals surface area contributed by atoms with Crippen LogP contribution in [0.3, 0.4) is 0 Å². The van der Waals surface area contributed by atoms with Crippen LogP contribution in [0.1, 0.15) is 37.8 Å². The first kappa shape index (κ1) is 14.9. The fourth-order valence-corrected chi connectivity index (χ4v) is 2.37. The first-order valence-corrected chi connectivity index (χ1v) is 6.59. The van der Waals surface area contributed by atoms with Crippen LogP contribution in [0.2, 0.25) is 0 Å². The molecule has 0 spiro atoms. The monoisotopic (exact) mass is 284 g/mol. The van der Waals surface area contributed by atoms with Crippen molar-refractivity contribution in [3.8, 4) is 0 Å². The Morgan fingerprint density at radius 3 is 2.29 bits per heavy atom. The number of carbonyl (C=O) groups excluding carboxylic acids is 1. The molecule has 2 N–H and O–H groups in total. The summed E-state index contributed by atoms with van der Waals surface area (Å²) < 4.78 is 0. The summed E-state index contributed by atoms with van der Waals surface area (Å²) in [6.45, 7) is 1.33. The lowest BCUT2D eigenvalue weighted by Gasteiger charge is -2.16. The molecule has 1 unspecified atom stereocenters. The van der Waals surface area contributed by atoms with E-state index >= 15 is 0 Å². The van der Waals surface area contributed by atoms with Crippen LogP contribution in [0.15, 0.2) is 48.5 Å². The predicted octanol–water partition coefficient (Wildman–Crippen LogP) is 2.65. The highest BCUT2D eigenvalue weighted by atomic mass is 16.4. The van der Waals surface area contributed by atoms with Crippen LogP contribution in [0, 0.1) is 6.92 Å². The van der Waals surface area contributed by atoms with Gasteiger partial charge in [-0.05, 0) is 24.1 Å². The van der Waals surface area contributed by atoms with Gasteiger partial charge < -0.3 is 10.2 Å². The molecule has 0 aliphatic rings. The Hall–Kier alpha value is -2.46. The van der Waals surface area contributed by atoms with Crippen molar-refractivity contribution >= 4 is 11.8 Å². The summed E-state index contributed by atoms with van der Waals surface area (Å²) >= 11 is 0. The van der Waals surface area contributed by atoms with Crippen molar-refractivity contribution in [3.05, 3.63) is 70.8 Å². The average Bonchev–Trinajstić information content (AvgIpc) is 2.48. The quantitative estimate of drug-likeness (QED) is 0.828. The average molecular weight is 284 g/mol. The number of hydrogen-bond donors (Lipinski definition) is 2. The minimum absolute atomic E-state index is 0.0330. The van der Waals surface area contributed by atoms with Gasteiger partial charge in [0.1, 0.15) is 0 Å². The number of carboxylic acids is 1. The van der Waals surface area contributed by atoms with Gasteiger partial charge in [0.05, 0.1) is 18.1 Å². The van der Waals surface area contributed by atoms with E-state index in [0.717, 1.165) is 0 Å². The second-order valence-corrected chi connectivity index (χ2v) is 4.81. The highest BCUT2D eigenvalue weighted by Gasteiger charge is 2.26. The zero-order chi connectivity index (χ0) is 15.4. The van der Waals surface area contributed by atoms with Gasteiger partial charge in [-0.25, -0.2) is 4.79 Å². The summed E-state index contributed by atoms with van der Waals surface area (Å²) in [6, 6.07) is 13.6. The van der Waals surface area contributed by atoms with E-state index in [4.69, 9.17) is 0 Å². The smallest absolute Gasteiger partial charge is 0.336 e. The predicted molar refractivity (Wildman–Crippen MR) is 78.7 cm³/mol. The maximum atomic E-state index is 12.7. The lowest BCUT2D eigenvalue weighted by molar-refractivity contribution is 0.0689. The molecular weight excluding hydrogens is 268 g/mol. The fourth-order valence-electron chi connectivity index (χ4n) is 2.37. The van der Waals surface area contributed by atoms with E-state index < -0.39 is 11.9 Å². The van der Waals surface area contributed by atoms with Gasteiger partial charge in [-0.1, -0.05) is 42.5 Å². The van der Waals surface area contributed by atoms with Crippen LogP contribution < -0.4 is 0 Å². The third-order valence-electron chi connectivity index (χ3n) is 3.45. The molecule has 0 saturated heterocycles.